The molecule has 1 amide bonds. The van der Waals surface area contributed by atoms with Crippen LogP contribution < -0.4 is 5.32 Å². The van der Waals surface area contributed by atoms with Gasteiger partial charge >= 0.3 is 0 Å². The maximum atomic E-state index is 12.4. The van der Waals surface area contributed by atoms with Crippen LogP contribution in [-0.4, -0.2) is 39.1 Å². The molecule has 0 aliphatic rings. The van der Waals surface area contributed by atoms with E-state index in [2.05, 4.69) is 20.5 Å². The van der Waals surface area contributed by atoms with Gasteiger partial charge in [0, 0.05) is 32.0 Å². The van der Waals surface area contributed by atoms with E-state index < -0.39 is 0 Å². The Morgan fingerprint density at radius 3 is 2.48 bits per heavy atom. The maximum absolute atomic E-state index is 12.4. The first-order valence-corrected chi connectivity index (χ1v) is 7.00. The smallest absolute Gasteiger partial charge is 0.274 e. The number of anilines is 1. The molecular formula is C15H19N5O. The number of nitrogens with zero attached hydrogens (tertiary/aromatic N) is 4. The number of hydrogen-bond acceptors (Lipinski definition) is 5. The van der Waals surface area contributed by atoms with Gasteiger partial charge in [-0.05, 0) is 43.7 Å². The summed E-state index contributed by atoms with van der Waals surface area (Å²) in [6, 6.07) is 7.26. The van der Waals surface area contributed by atoms with E-state index >= 15 is 0 Å². The second-order valence-corrected chi connectivity index (χ2v) is 4.51. The summed E-state index contributed by atoms with van der Waals surface area (Å²) in [5.74, 6) is 0.552. The van der Waals surface area contributed by atoms with Crippen LogP contribution in [0.1, 0.15) is 29.9 Å². The summed E-state index contributed by atoms with van der Waals surface area (Å²) in [6.07, 6.45) is 3.44. The standard InChI is InChI=1S/C15H19N5O/c1-3-17-14-6-5-13(18-19-14)15(21)20(4-2)11-12-7-9-16-10-8-12/h5-10H,3-4,11H2,1-2H3,(H,17,19). The largest absolute Gasteiger partial charge is 0.369 e. The minimum absolute atomic E-state index is 0.120. The van der Waals surface area contributed by atoms with Crippen molar-refractivity contribution in [2.75, 3.05) is 18.4 Å². The lowest BCUT2D eigenvalue weighted by Gasteiger charge is -2.20. The number of nitrogens with one attached hydrogen (secondary N) is 1. The van der Waals surface area contributed by atoms with E-state index in [1.165, 1.54) is 0 Å². The first-order valence-electron chi connectivity index (χ1n) is 7.00. The molecule has 0 aromatic carbocycles. The molecule has 6 heteroatoms. The quantitative estimate of drug-likeness (QED) is 0.878. The minimum Gasteiger partial charge on any atom is -0.369 e. The van der Waals surface area contributed by atoms with Gasteiger partial charge in [-0.1, -0.05) is 0 Å². The van der Waals surface area contributed by atoms with Crippen LogP contribution in [0.4, 0.5) is 5.82 Å². The van der Waals surface area contributed by atoms with Gasteiger partial charge in [-0.15, -0.1) is 10.2 Å². The van der Waals surface area contributed by atoms with Gasteiger partial charge in [-0.2, -0.15) is 0 Å². The van der Waals surface area contributed by atoms with E-state index in [0.29, 0.717) is 24.6 Å². The SMILES string of the molecule is CCNc1ccc(C(=O)N(CC)Cc2ccncc2)nn1. The Bertz CT molecular complexity index is 570. The number of amides is 1. The average molecular weight is 285 g/mol. The highest BCUT2D eigenvalue weighted by atomic mass is 16.2. The van der Waals surface area contributed by atoms with Crippen LogP contribution in [-0.2, 0) is 6.54 Å². The maximum Gasteiger partial charge on any atom is 0.274 e. The predicted octanol–water partition coefficient (Wildman–Crippen LogP) is 1.97. The van der Waals surface area contributed by atoms with E-state index in [0.717, 1.165) is 12.1 Å². The third-order valence-corrected chi connectivity index (χ3v) is 3.03. The summed E-state index contributed by atoms with van der Waals surface area (Å²) >= 11 is 0. The van der Waals surface area contributed by atoms with Crippen LogP contribution in [0.5, 0.6) is 0 Å². The molecule has 2 aromatic heterocycles. The zero-order chi connectivity index (χ0) is 15.1. The van der Waals surface area contributed by atoms with E-state index in [1.54, 1.807) is 29.4 Å². The Morgan fingerprint density at radius 2 is 1.90 bits per heavy atom. The molecule has 2 aromatic rings. The molecule has 2 heterocycles. The Hall–Kier alpha value is -2.50. The monoisotopic (exact) mass is 285 g/mol. The van der Waals surface area contributed by atoms with Gasteiger partial charge in [0.25, 0.3) is 5.91 Å². The topological polar surface area (TPSA) is 71.0 Å². The zero-order valence-electron chi connectivity index (χ0n) is 12.3. The van der Waals surface area contributed by atoms with Crippen molar-refractivity contribution in [2.45, 2.75) is 20.4 Å². The molecule has 0 aliphatic heterocycles. The van der Waals surface area contributed by atoms with Gasteiger partial charge in [-0.3, -0.25) is 9.78 Å². The van der Waals surface area contributed by atoms with E-state index in [1.807, 2.05) is 26.0 Å². The lowest BCUT2D eigenvalue weighted by atomic mass is 10.2. The lowest BCUT2D eigenvalue weighted by molar-refractivity contribution is 0.0745. The highest BCUT2D eigenvalue weighted by Crippen LogP contribution is 2.09. The number of rotatable bonds is 6. The van der Waals surface area contributed by atoms with Crippen LogP contribution in [0.2, 0.25) is 0 Å². The third-order valence-electron chi connectivity index (χ3n) is 3.03. The molecule has 110 valence electrons. The molecule has 0 bridgehead atoms. The van der Waals surface area contributed by atoms with Crippen LogP contribution in [0.3, 0.4) is 0 Å². The Kier molecular flexibility index (Phi) is 5.20. The summed E-state index contributed by atoms with van der Waals surface area (Å²) in [7, 11) is 0. The molecule has 0 saturated carbocycles. The van der Waals surface area contributed by atoms with Crippen molar-refractivity contribution in [3.05, 3.63) is 47.9 Å². The molecule has 0 saturated heterocycles. The van der Waals surface area contributed by atoms with Gasteiger partial charge in [0.1, 0.15) is 5.82 Å². The average Bonchev–Trinajstić information content (AvgIpc) is 2.54. The predicted molar refractivity (Wildman–Crippen MR) is 80.8 cm³/mol. The summed E-state index contributed by atoms with van der Waals surface area (Å²) in [5.41, 5.74) is 1.39. The second kappa shape index (κ2) is 7.33. The molecule has 0 fully saturated rings. The van der Waals surface area contributed by atoms with Crippen molar-refractivity contribution >= 4 is 11.7 Å². The van der Waals surface area contributed by atoms with Crippen molar-refractivity contribution in [3.8, 4) is 0 Å². The molecule has 1 N–H and O–H groups in total. The first kappa shape index (κ1) is 14.9. The summed E-state index contributed by atoms with van der Waals surface area (Å²) in [6.45, 7) is 5.84. The number of pyridine rings is 1. The molecule has 0 radical (unpaired) electrons. The van der Waals surface area contributed by atoms with Crippen LogP contribution in [0, 0.1) is 0 Å². The van der Waals surface area contributed by atoms with E-state index in [-0.39, 0.29) is 5.91 Å². The lowest BCUT2D eigenvalue weighted by Crippen LogP contribution is -2.31. The number of carbonyl (C=O) groups excluding carboxylic acids is 1. The van der Waals surface area contributed by atoms with Gasteiger partial charge < -0.3 is 10.2 Å². The Labute approximate surface area is 124 Å². The van der Waals surface area contributed by atoms with Gasteiger partial charge in [0.05, 0.1) is 0 Å². The Morgan fingerprint density at radius 1 is 1.14 bits per heavy atom. The van der Waals surface area contributed by atoms with Crippen molar-refractivity contribution < 1.29 is 4.79 Å². The normalized spacial score (nSPS) is 10.2. The molecule has 6 nitrogen and oxygen atoms in total. The fraction of sp³-hybridized carbons (Fsp3) is 0.333. The van der Waals surface area contributed by atoms with Crippen molar-refractivity contribution in [1.82, 2.24) is 20.1 Å². The number of carbonyl (C=O) groups is 1. The highest BCUT2D eigenvalue weighted by molar-refractivity contribution is 5.92. The van der Waals surface area contributed by atoms with Crippen LogP contribution in [0.25, 0.3) is 0 Å². The van der Waals surface area contributed by atoms with Crippen LogP contribution >= 0.6 is 0 Å². The molecule has 0 spiro atoms. The van der Waals surface area contributed by atoms with Crippen LogP contribution in [0.15, 0.2) is 36.7 Å². The number of hydrogen-bond donors (Lipinski definition) is 1. The Balaban J connectivity index is 2.08. The van der Waals surface area contributed by atoms with Gasteiger partial charge in [-0.25, -0.2) is 0 Å². The third kappa shape index (κ3) is 3.98. The fourth-order valence-electron chi connectivity index (χ4n) is 1.92. The van der Waals surface area contributed by atoms with Gasteiger partial charge in [0.2, 0.25) is 0 Å². The summed E-state index contributed by atoms with van der Waals surface area (Å²) in [4.78, 5) is 18.1. The van der Waals surface area contributed by atoms with Crippen molar-refractivity contribution in [1.29, 1.82) is 0 Å². The van der Waals surface area contributed by atoms with Gasteiger partial charge in [0.15, 0.2) is 5.69 Å². The molecule has 0 unspecified atom stereocenters. The zero-order valence-corrected chi connectivity index (χ0v) is 12.3. The van der Waals surface area contributed by atoms with E-state index in [4.69, 9.17) is 0 Å². The molecule has 0 aliphatic carbocycles. The fourth-order valence-corrected chi connectivity index (χ4v) is 1.92. The summed E-state index contributed by atoms with van der Waals surface area (Å²) in [5, 5.41) is 11.0. The molecular weight excluding hydrogens is 266 g/mol. The van der Waals surface area contributed by atoms with Crippen molar-refractivity contribution in [2.24, 2.45) is 0 Å². The number of aromatic nitrogens is 3. The second-order valence-electron chi connectivity index (χ2n) is 4.51. The molecule has 2 rings (SSSR count). The first-order chi connectivity index (χ1) is 10.2. The van der Waals surface area contributed by atoms with E-state index in [9.17, 15) is 4.79 Å². The molecule has 0 atom stereocenters. The minimum atomic E-state index is -0.120. The summed E-state index contributed by atoms with van der Waals surface area (Å²) < 4.78 is 0. The molecule has 21 heavy (non-hydrogen) atoms. The highest BCUT2D eigenvalue weighted by Gasteiger charge is 2.16. The van der Waals surface area contributed by atoms with Crippen molar-refractivity contribution in [3.63, 3.8) is 0 Å².